The van der Waals surface area contributed by atoms with Crippen LogP contribution >= 0.6 is 0 Å². The Morgan fingerprint density at radius 2 is 1.96 bits per heavy atom. The Balaban J connectivity index is 2.11. The molecule has 0 heterocycles. The van der Waals surface area contributed by atoms with Crippen molar-refractivity contribution in [3.05, 3.63) is 0 Å². The lowest BCUT2D eigenvalue weighted by molar-refractivity contribution is -0.121. The zero-order valence-electron chi connectivity index (χ0n) is 15.3. The molecule has 5 nitrogen and oxygen atoms in total. The summed E-state index contributed by atoms with van der Waals surface area (Å²) in [5, 5.41) is 9.75. The predicted octanol–water partition coefficient (Wildman–Crippen LogP) is 2.96. The van der Waals surface area contributed by atoms with Gasteiger partial charge in [0.1, 0.15) is 0 Å². The van der Waals surface area contributed by atoms with Crippen LogP contribution < -0.4 is 16.0 Å². The molecule has 3 N–H and O–H groups in total. The maximum atomic E-state index is 11.9. The van der Waals surface area contributed by atoms with E-state index in [0.717, 1.165) is 25.2 Å². The Bertz CT molecular complexity index is 351. The molecule has 1 atom stereocenters. The minimum Gasteiger partial charge on any atom is -0.356 e. The summed E-state index contributed by atoms with van der Waals surface area (Å²) >= 11 is 0. The second kappa shape index (κ2) is 12.2. The zero-order valence-corrected chi connectivity index (χ0v) is 15.3. The lowest BCUT2D eigenvalue weighted by Crippen LogP contribution is -2.43. The van der Waals surface area contributed by atoms with Crippen LogP contribution in [0.1, 0.15) is 78.1 Å². The first-order valence-electron chi connectivity index (χ1n) is 9.42. The monoisotopic (exact) mass is 324 g/mol. The average Bonchev–Trinajstić information content (AvgIpc) is 3.03. The van der Waals surface area contributed by atoms with Crippen LogP contribution in [0.3, 0.4) is 0 Å². The van der Waals surface area contributed by atoms with Crippen molar-refractivity contribution in [2.24, 2.45) is 4.99 Å². The number of hydrogen-bond acceptors (Lipinski definition) is 2. The quantitative estimate of drug-likeness (QED) is 0.329. The van der Waals surface area contributed by atoms with E-state index in [2.05, 4.69) is 34.8 Å². The zero-order chi connectivity index (χ0) is 16.9. The van der Waals surface area contributed by atoms with E-state index in [1.165, 1.54) is 38.5 Å². The number of carbonyl (C=O) groups excluding carboxylic acids is 1. The second-order valence-electron chi connectivity index (χ2n) is 6.69. The summed E-state index contributed by atoms with van der Waals surface area (Å²) in [5.41, 5.74) is 0. The van der Waals surface area contributed by atoms with Gasteiger partial charge >= 0.3 is 0 Å². The average molecular weight is 325 g/mol. The molecule has 0 saturated heterocycles. The first-order valence-corrected chi connectivity index (χ1v) is 9.42. The fourth-order valence-electron chi connectivity index (χ4n) is 3.04. The molecule has 0 bridgehead atoms. The van der Waals surface area contributed by atoms with Crippen molar-refractivity contribution in [2.75, 3.05) is 13.6 Å². The van der Waals surface area contributed by atoms with Gasteiger partial charge in [-0.15, -0.1) is 0 Å². The van der Waals surface area contributed by atoms with E-state index in [-0.39, 0.29) is 5.91 Å². The van der Waals surface area contributed by atoms with Gasteiger partial charge in [-0.3, -0.25) is 9.79 Å². The third kappa shape index (κ3) is 9.47. The number of unbranched alkanes of at least 4 members (excludes halogenated alkanes) is 3. The van der Waals surface area contributed by atoms with Crippen molar-refractivity contribution in [1.29, 1.82) is 0 Å². The fourth-order valence-corrected chi connectivity index (χ4v) is 3.04. The molecule has 1 aliphatic rings. The van der Waals surface area contributed by atoms with Gasteiger partial charge in [0.2, 0.25) is 5.91 Å². The molecular weight excluding hydrogens is 288 g/mol. The number of hydrogen-bond donors (Lipinski definition) is 3. The molecule has 23 heavy (non-hydrogen) atoms. The van der Waals surface area contributed by atoms with Crippen molar-refractivity contribution in [1.82, 2.24) is 16.0 Å². The van der Waals surface area contributed by atoms with Crippen molar-refractivity contribution >= 4 is 11.9 Å². The SMILES string of the molecule is CCCCCCC(C)NC(=NC)NCCC(=O)NC1CCCC1. The van der Waals surface area contributed by atoms with E-state index >= 15 is 0 Å². The lowest BCUT2D eigenvalue weighted by Gasteiger charge is -2.18. The summed E-state index contributed by atoms with van der Waals surface area (Å²) in [4.78, 5) is 16.1. The van der Waals surface area contributed by atoms with Crippen molar-refractivity contribution < 1.29 is 4.79 Å². The van der Waals surface area contributed by atoms with Gasteiger partial charge in [-0.25, -0.2) is 0 Å². The Morgan fingerprint density at radius 3 is 2.61 bits per heavy atom. The molecule has 0 aliphatic heterocycles. The molecule has 1 unspecified atom stereocenters. The summed E-state index contributed by atoms with van der Waals surface area (Å²) in [6, 6.07) is 0.813. The molecule has 0 aromatic carbocycles. The van der Waals surface area contributed by atoms with Crippen molar-refractivity contribution in [3.8, 4) is 0 Å². The van der Waals surface area contributed by atoms with Gasteiger partial charge in [0, 0.05) is 32.1 Å². The minimum atomic E-state index is 0.146. The number of nitrogens with zero attached hydrogens (tertiary/aromatic N) is 1. The highest BCUT2D eigenvalue weighted by Crippen LogP contribution is 2.17. The van der Waals surface area contributed by atoms with E-state index in [0.29, 0.717) is 25.0 Å². The molecule has 134 valence electrons. The molecule has 5 heteroatoms. The Labute approximate surface area is 142 Å². The standard InChI is InChI=1S/C18H36N4O/c1-4-5-6-7-10-15(2)21-18(19-3)20-14-13-17(23)22-16-11-8-9-12-16/h15-16H,4-14H2,1-3H3,(H,22,23)(H2,19,20,21). The van der Waals surface area contributed by atoms with E-state index in [4.69, 9.17) is 0 Å². The summed E-state index contributed by atoms with van der Waals surface area (Å²) in [7, 11) is 1.78. The van der Waals surface area contributed by atoms with Crippen LogP contribution in [-0.4, -0.2) is 37.5 Å². The van der Waals surface area contributed by atoms with Gasteiger partial charge < -0.3 is 16.0 Å². The van der Waals surface area contributed by atoms with Crippen LogP contribution in [-0.2, 0) is 4.79 Å². The first-order chi connectivity index (χ1) is 11.2. The van der Waals surface area contributed by atoms with E-state index < -0.39 is 0 Å². The lowest BCUT2D eigenvalue weighted by atomic mass is 10.1. The summed E-state index contributed by atoms with van der Waals surface area (Å²) in [6.07, 6.45) is 11.6. The third-order valence-electron chi connectivity index (χ3n) is 4.46. The molecule has 1 fully saturated rings. The molecule has 1 rings (SSSR count). The molecule has 1 aliphatic carbocycles. The fraction of sp³-hybridized carbons (Fsp3) is 0.889. The molecule has 0 aromatic heterocycles. The number of guanidine groups is 1. The minimum absolute atomic E-state index is 0.146. The Hall–Kier alpha value is -1.26. The summed E-state index contributed by atoms with van der Waals surface area (Å²) in [5.74, 6) is 0.939. The maximum absolute atomic E-state index is 11.9. The van der Waals surface area contributed by atoms with Gasteiger partial charge in [0.15, 0.2) is 5.96 Å². The summed E-state index contributed by atoms with van der Waals surface area (Å²) < 4.78 is 0. The molecule has 0 spiro atoms. The van der Waals surface area contributed by atoms with E-state index in [9.17, 15) is 4.79 Å². The maximum Gasteiger partial charge on any atom is 0.221 e. The second-order valence-corrected chi connectivity index (χ2v) is 6.69. The van der Waals surface area contributed by atoms with Gasteiger partial charge in [0.05, 0.1) is 0 Å². The number of rotatable bonds is 10. The van der Waals surface area contributed by atoms with Crippen LogP contribution in [0.15, 0.2) is 4.99 Å². The predicted molar refractivity (Wildman–Crippen MR) is 97.7 cm³/mol. The first kappa shape index (κ1) is 19.8. The number of nitrogens with one attached hydrogen (secondary N) is 3. The van der Waals surface area contributed by atoms with Crippen LogP contribution in [0, 0.1) is 0 Å². The van der Waals surface area contributed by atoms with Crippen LogP contribution in [0.25, 0.3) is 0 Å². The van der Waals surface area contributed by atoms with Gasteiger partial charge in [-0.1, -0.05) is 45.4 Å². The highest BCUT2D eigenvalue weighted by Gasteiger charge is 2.16. The summed E-state index contributed by atoms with van der Waals surface area (Å²) in [6.45, 7) is 5.04. The van der Waals surface area contributed by atoms with Gasteiger partial charge in [0.25, 0.3) is 0 Å². The van der Waals surface area contributed by atoms with E-state index in [1.807, 2.05) is 0 Å². The van der Waals surface area contributed by atoms with Gasteiger partial charge in [-0.05, 0) is 26.2 Å². The molecular formula is C18H36N4O. The van der Waals surface area contributed by atoms with Gasteiger partial charge in [-0.2, -0.15) is 0 Å². The van der Waals surface area contributed by atoms with Crippen LogP contribution in [0.2, 0.25) is 0 Å². The molecule has 0 aromatic rings. The van der Waals surface area contributed by atoms with Crippen LogP contribution in [0.5, 0.6) is 0 Å². The topological polar surface area (TPSA) is 65.5 Å². The number of carbonyl (C=O) groups is 1. The Kier molecular flexibility index (Phi) is 10.5. The normalized spacial score (nSPS) is 17.1. The Morgan fingerprint density at radius 1 is 1.22 bits per heavy atom. The number of amides is 1. The van der Waals surface area contributed by atoms with Crippen molar-refractivity contribution in [2.45, 2.75) is 90.1 Å². The van der Waals surface area contributed by atoms with Crippen molar-refractivity contribution in [3.63, 3.8) is 0 Å². The van der Waals surface area contributed by atoms with E-state index in [1.54, 1.807) is 7.05 Å². The third-order valence-corrected chi connectivity index (χ3v) is 4.46. The molecule has 0 radical (unpaired) electrons. The smallest absolute Gasteiger partial charge is 0.221 e. The van der Waals surface area contributed by atoms with Crippen LogP contribution in [0.4, 0.5) is 0 Å². The molecule has 1 saturated carbocycles. The highest BCUT2D eigenvalue weighted by atomic mass is 16.1. The molecule has 1 amide bonds. The number of aliphatic imine (C=N–C) groups is 1. The highest BCUT2D eigenvalue weighted by molar-refractivity contribution is 5.81. The largest absolute Gasteiger partial charge is 0.356 e.